The molecule has 1 N–H and O–H groups in total. The summed E-state index contributed by atoms with van der Waals surface area (Å²) in [5.41, 5.74) is 0. The predicted molar refractivity (Wildman–Crippen MR) is 62.8 cm³/mol. The van der Waals surface area contributed by atoms with Crippen molar-refractivity contribution in [3.05, 3.63) is 0 Å². The van der Waals surface area contributed by atoms with Crippen LogP contribution in [0.15, 0.2) is 0 Å². The van der Waals surface area contributed by atoms with Gasteiger partial charge in [0.1, 0.15) is 0 Å². The Morgan fingerprint density at radius 1 is 1.46 bits per heavy atom. The zero-order valence-electron chi connectivity index (χ0n) is 9.03. The SMILES string of the molecule is CCCC(C)N(P)CC([B]O)CC. The van der Waals surface area contributed by atoms with E-state index in [9.17, 15) is 0 Å². The first-order valence-electron chi connectivity index (χ1n) is 5.14. The van der Waals surface area contributed by atoms with Crippen molar-refractivity contribution in [1.29, 1.82) is 0 Å². The molecule has 0 aromatic heterocycles. The van der Waals surface area contributed by atoms with Gasteiger partial charge in [0.05, 0.1) is 0 Å². The summed E-state index contributed by atoms with van der Waals surface area (Å²) in [5.74, 6) is 0.303. The second-order valence-electron chi connectivity index (χ2n) is 3.65. The standard InChI is InChI=1S/C9H22BNOP/c1-4-6-8(3)11(13)7-9(5-2)10-12/h8-9,12H,4-7,13H2,1-3H3. The van der Waals surface area contributed by atoms with Gasteiger partial charge in [-0.25, -0.2) is 0 Å². The zero-order valence-corrected chi connectivity index (χ0v) is 10.2. The molecular formula is C9H22BNOP. The van der Waals surface area contributed by atoms with Gasteiger partial charge in [-0.05, 0) is 19.2 Å². The molecule has 0 amide bonds. The van der Waals surface area contributed by atoms with E-state index in [1.54, 1.807) is 0 Å². The molecule has 0 saturated heterocycles. The van der Waals surface area contributed by atoms with Crippen LogP contribution in [0.2, 0.25) is 5.82 Å². The van der Waals surface area contributed by atoms with Crippen LogP contribution < -0.4 is 0 Å². The van der Waals surface area contributed by atoms with Gasteiger partial charge in [-0.3, -0.25) is 4.67 Å². The third-order valence-electron chi connectivity index (χ3n) is 2.45. The fraction of sp³-hybridized carbons (Fsp3) is 1.00. The van der Waals surface area contributed by atoms with Crippen LogP contribution in [0.25, 0.3) is 0 Å². The van der Waals surface area contributed by atoms with Gasteiger partial charge in [-0.2, -0.15) is 0 Å². The lowest BCUT2D eigenvalue weighted by Gasteiger charge is -2.26. The molecule has 0 saturated carbocycles. The lowest BCUT2D eigenvalue weighted by molar-refractivity contribution is 0.340. The third kappa shape index (κ3) is 5.67. The third-order valence-corrected chi connectivity index (χ3v) is 3.17. The van der Waals surface area contributed by atoms with Gasteiger partial charge >= 0.3 is 0 Å². The Bertz CT molecular complexity index is 122. The highest BCUT2D eigenvalue weighted by Gasteiger charge is 2.14. The first-order valence-corrected chi connectivity index (χ1v) is 5.66. The Morgan fingerprint density at radius 3 is 2.46 bits per heavy atom. The van der Waals surface area contributed by atoms with Crippen LogP contribution in [0.4, 0.5) is 0 Å². The van der Waals surface area contributed by atoms with Gasteiger partial charge in [-0.1, -0.05) is 36.1 Å². The molecule has 0 aliphatic rings. The summed E-state index contributed by atoms with van der Waals surface area (Å²) in [7, 11) is 4.07. The topological polar surface area (TPSA) is 23.5 Å². The Kier molecular flexibility index (Phi) is 8.03. The minimum absolute atomic E-state index is 0.303. The van der Waals surface area contributed by atoms with Gasteiger partial charge in [0.25, 0.3) is 7.48 Å². The molecule has 0 aromatic carbocycles. The highest BCUT2D eigenvalue weighted by molar-refractivity contribution is 7.13. The van der Waals surface area contributed by atoms with Crippen LogP contribution in [0, 0.1) is 0 Å². The minimum atomic E-state index is 0.303. The van der Waals surface area contributed by atoms with E-state index in [1.165, 1.54) is 20.3 Å². The first-order chi connectivity index (χ1) is 6.15. The second-order valence-corrected chi connectivity index (χ2v) is 4.32. The molecule has 0 aromatic rings. The van der Waals surface area contributed by atoms with Crippen LogP contribution in [0.5, 0.6) is 0 Å². The van der Waals surface area contributed by atoms with Crippen LogP contribution >= 0.6 is 9.39 Å². The molecule has 0 aliphatic carbocycles. The normalized spacial score (nSPS) is 15.8. The van der Waals surface area contributed by atoms with Crippen molar-refractivity contribution in [1.82, 2.24) is 4.67 Å². The molecule has 3 unspecified atom stereocenters. The number of nitrogens with zero attached hydrogens (tertiary/aromatic N) is 1. The fourth-order valence-corrected chi connectivity index (χ4v) is 1.74. The van der Waals surface area contributed by atoms with Crippen LogP contribution in [-0.4, -0.2) is 29.8 Å². The molecule has 0 aliphatic heterocycles. The van der Waals surface area contributed by atoms with Crippen LogP contribution in [-0.2, 0) is 0 Å². The summed E-state index contributed by atoms with van der Waals surface area (Å²) in [6.45, 7) is 7.45. The van der Waals surface area contributed by atoms with Crippen molar-refractivity contribution in [2.45, 2.75) is 51.9 Å². The fourth-order valence-electron chi connectivity index (χ4n) is 1.32. The first kappa shape index (κ1) is 13.4. The smallest absolute Gasteiger partial charge is 0.291 e. The van der Waals surface area contributed by atoms with Crippen molar-refractivity contribution in [3.8, 4) is 0 Å². The van der Waals surface area contributed by atoms with Gasteiger partial charge in [0, 0.05) is 12.6 Å². The maximum Gasteiger partial charge on any atom is 0.291 e. The van der Waals surface area contributed by atoms with E-state index in [0.717, 1.165) is 13.0 Å². The highest BCUT2D eigenvalue weighted by Crippen LogP contribution is 2.18. The van der Waals surface area contributed by atoms with E-state index < -0.39 is 0 Å². The molecule has 0 rings (SSSR count). The van der Waals surface area contributed by atoms with Crippen molar-refractivity contribution in [2.24, 2.45) is 0 Å². The van der Waals surface area contributed by atoms with Crippen molar-refractivity contribution >= 4 is 16.9 Å². The average Bonchev–Trinajstić information content (AvgIpc) is 2.14. The van der Waals surface area contributed by atoms with E-state index in [0.29, 0.717) is 11.9 Å². The molecule has 0 spiro atoms. The lowest BCUT2D eigenvalue weighted by atomic mass is 9.78. The summed E-state index contributed by atoms with van der Waals surface area (Å²) >= 11 is 0. The Hall–Kier alpha value is 0.415. The summed E-state index contributed by atoms with van der Waals surface area (Å²) in [4.78, 5) is 0. The number of hydrogen-bond acceptors (Lipinski definition) is 2. The summed E-state index contributed by atoms with van der Waals surface area (Å²) in [6, 6.07) is 0.587. The van der Waals surface area contributed by atoms with Crippen molar-refractivity contribution in [2.75, 3.05) is 6.54 Å². The highest BCUT2D eigenvalue weighted by atomic mass is 31.0. The Balaban J connectivity index is 3.75. The molecule has 2 nitrogen and oxygen atoms in total. The lowest BCUT2D eigenvalue weighted by Crippen LogP contribution is -2.28. The van der Waals surface area contributed by atoms with E-state index in [1.807, 2.05) is 0 Å². The second kappa shape index (κ2) is 7.79. The molecule has 13 heavy (non-hydrogen) atoms. The molecule has 3 atom stereocenters. The van der Waals surface area contributed by atoms with Crippen LogP contribution in [0.3, 0.4) is 0 Å². The molecule has 0 bridgehead atoms. The van der Waals surface area contributed by atoms with Crippen LogP contribution in [0.1, 0.15) is 40.0 Å². The maximum atomic E-state index is 8.93. The molecule has 4 heteroatoms. The van der Waals surface area contributed by atoms with Gasteiger partial charge < -0.3 is 5.02 Å². The molecular weight excluding hydrogens is 180 g/mol. The predicted octanol–water partition coefficient (Wildman–Crippen LogP) is 2.08. The van der Waals surface area contributed by atoms with Gasteiger partial charge in [-0.15, -0.1) is 0 Å². The Labute approximate surface area is 85.6 Å². The van der Waals surface area contributed by atoms with E-state index >= 15 is 0 Å². The maximum absolute atomic E-state index is 8.93. The van der Waals surface area contributed by atoms with E-state index in [-0.39, 0.29) is 0 Å². The number of hydrogen-bond donors (Lipinski definition) is 1. The quantitative estimate of drug-likeness (QED) is 0.504. The average molecular weight is 202 g/mol. The van der Waals surface area contributed by atoms with E-state index in [4.69, 9.17) is 5.02 Å². The monoisotopic (exact) mass is 202 g/mol. The summed E-state index contributed by atoms with van der Waals surface area (Å²) in [6.07, 6.45) is 3.43. The molecule has 1 radical (unpaired) electrons. The van der Waals surface area contributed by atoms with Crippen molar-refractivity contribution in [3.63, 3.8) is 0 Å². The molecule has 0 fully saturated rings. The zero-order chi connectivity index (χ0) is 10.3. The Morgan fingerprint density at radius 2 is 2.08 bits per heavy atom. The van der Waals surface area contributed by atoms with Crippen molar-refractivity contribution < 1.29 is 5.02 Å². The number of rotatable bonds is 7. The van der Waals surface area contributed by atoms with Gasteiger partial charge in [0.2, 0.25) is 0 Å². The minimum Gasteiger partial charge on any atom is -0.454 e. The van der Waals surface area contributed by atoms with E-state index in [2.05, 4.69) is 34.8 Å². The molecule has 0 heterocycles. The summed E-state index contributed by atoms with van der Waals surface area (Å²) in [5, 5.41) is 8.93. The largest absolute Gasteiger partial charge is 0.454 e. The molecule has 77 valence electrons. The summed E-state index contributed by atoms with van der Waals surface area (Å²) < 4.78 is 2.24. The van der Waals surface area contributed by atoms with Gasteiger partial charge in [0.15, 0.2) is 0 Å².